The minimum absolute atomic E-state index is 0.214. The Hall–Kier alpha value is -2.60. The number of rotatable bonds is 5. The summed E-state index contributed by atoms with van der Waals surface area (Å²) >= 11 is 1.68. The lowest BCUT2D eigenvalue weighted by atomic mass is 10.1. The molecule has 0 aliphatic rings. The highest BCUT2D eigenvalue weighted by Gasteiger charge is 2.17. The van der Waals surface area contributed by atoms with E-state index in [1.54, 1.807) is 11.3 Å². The Morgan fingerprint density at radius 2 is 1.96 bits per heavy atom. The fourth-order valence-corrected chi connectivity index (χ4v) is 3.27. The molecule has 0 bridgehead atoms. The van der Waals surface area contributed by atoms with Crippen LogP contribution in [0.15, 0.2) is 46.2 Å². The number of aryl methyl sites for hydroxylation is 2. The standard InChI is InChI=1S/C18H18N2O3S/c1-12-14-8-2-3-9-15(14)23-17(12)18(22)20-19-16(21)10-4-6-13-7-5-11-24-13/h2-3,5,7-9,11H,4,6,10H2,1H3,(H,19,21)(H,20,22). The van der Waals surface area contributed by atoms with Crippen molar-refractivity contribution in [3.63, 3.8) is 0 Å². The summed E-state index contributed by atoms with van der Waals surface area (Å²) in [5.74, 6) is -0.445. The molecule has 6 heteroatoms. The Morgan fingerprint density at radius 3 is 2.71 bits per heavy atom. The van der Waals surface area contributed by atoms with E-state index in [9.17, 15) is 9.59 Å². The molecule has 0 saturated heterocycles. The van der Waals surface area contributed by atoms with E-state index in [0.717, 1.165) is 23.8 Å². The van der Waals surface area contributed by atoms with E-state index in [-0.39, 0.29) is 11.7 Å². The smallest absolute Gasteiger partial charge is 0.305 e. The summed E-state index contributed by atoms with van der Waals surface area (Å²) in [4.78, 5) is 25.2. The topological polar surface area (TPSA) is 71.3 Å². The van der Waals surface area contributed by atoms with Crippen LogP contribution in [0.2, 0.25) is 0 Å². The number of nitrogens with one attached hydrogen (secondary N) is 2. The van der Waals surface area contributed by atoms with Crippen molar-refractivity contribution >= 4 is 34.1 Å². The summed E-state index contributed by atoms with van der Waals surface area (Å²) in [5, 5.41) is 2.91. The van der Waals surface area contributed by atoms with Crippen LogP contribution >= 0.6 is 11.3 Å². The van der Waals surface area contributed by atoms with E-state index in [1.165, 1.54) is 4.88 Å². The summed E-state index contributed by atoms with van der Waals surface area (Å²) < 4.78 is 5.56. The number of benzene rings is 1. The second kappa shape index (κ2) is 7.31. The van der Waals surface area contributed by atoms with Crippen molar-refractivity contribution in [3.05, 3.63) is 58.0 Å². The van der Waals surface area contributed by atoms with Gasteiger partial charge >= 0.3 is 5.91 Å². The average Bonchev–Trinajstić information content (AvgIpc) is 3.21. The number of hydrazine groups is 1. The zero-order valence-electron chi connectivity index (χ0n) is 13.3. The summed E-state index contributed by atoms with van der Waals surface area (Å²) in [6.07, 6.45) is 1.96. The van der Waals surface area contributed by atoms with Crippen LogP contribution in [0.4, 0.5) is 0 Å². The van der Waals surface area contributed by atoms with Crippen molar-refractivity contribution < 1.29 is 14.0 Å². The predicted molar refractivity (Wildman–Crippen MR) is 93.8 cm³/mol. The Morgan fingerprint density at radius 1 is 1.12 bits per heavy atom. The molecule has 2 amide bonds. The van der Waals surface area contributed by atoms with Gasteiger partial charge in [0.1, 0.15) is 5.58 Å². The molecule has 124 valence electrons. The van der Waals surface area contributed by atoms with Gasteiger partial charge in [0.15, 0.2) is 5.76 Å². The fourth-order valence-electron chi connectivity index (χ4n) is 2.51. The Balaban J connectivity index is 1.51. The molecule has 0 atom stereocenters. The highest BCUT2D eigenvalue weighted by atomic mass is 32.1. The van der Waals surface area contributed by atoms with E-state index in [4.69, 9.17) is 4.42 Å². The lowest BCUT2D eigenvalue weighted by Gasteiger charge is -2.06. The number of carbonyl (C=O) groups is 2. The highest BCUT2D eigenvalue weighted by molar-refractivity contribution is 7.09. The molecular weight excluding hydrogens is 324 g/mol. The van der Waals surface area contributed by atoms with Crippen LogP contribution in [-0.4, -0.2) is 11.8 Å². The fraction of sp³-hybridized carbons (Fsp3) is 0.222. The monoisotopic (exact) mass is 342 g/mol. The normalized spacial score (nSPS) is 10.7. The molecule has 0 radical (unpaired) electrons. The number of furan rings is 1. The summed E-state index contributed by atoms with van der Waals surface area (Å²) in [5.41, 5.74) is 6.27. The van der Waals surface area contributed by atoms with Crippen LogP contribution in [-0.2, 0) is 11.2 Å². The summed E-state index contributed by atoms with van der Waals surface area (Å²) in [6.45, 7) is 1.82. The lowest BCUT2D eigenvalue weighted by Crippen LogP contribution is -2.41. The van der Waals surface area contributed by atoms with Gasteiger partial charge in [-0.05, 0) is 37.3 Å². The van der Waals surface area contributed by atoms with E-state index < -0.39 is 5.91 Å². The van der Waals surface area contributed by atoms with Crippen molar-refractivity contribution in [3.8, 4) is 0 Å². The van der Waals surface area contributed by atoms with Crippen LogP contribution in [0.25, 0.3) is 11.0 Å². The SMILES string of the molecule is Cc1c(C(=O)NNC(=O)CCCc2cccs2)oc2ccccc12. The molecule has 0 fully saturated rings. The Kier molecular flexibility index (Phi) is 4.96. The second-order valence-electron chi connectivity index (χ2n) is 5.49. The first-order valence-electron chi connectivity index (χ1n) is 7.75. The zero-order valence-corrected chi connectivity index (χ0v) is 14.1. The van der Waals surface area contributed by atoms with Crippen LogP contribution in [0, 0.1) is 6.92 Å². The van der Waals surface area contributed by atoms with Gasteiger partial charge in [-0.15, -0.1) is 11.3 Å². The van der Waals surface area contributed by atoms with Gasteiger partial charge in [-0.1, -0.05) is 24.3 Å². The van der Waals surface area contributed by atoms with Crippen LogP contribution in [0.5, 0.6) is 0 Å². The molecule has 2 heterocycles. The predicted octanol–water partition coefficient (Wildman–Crippen LogP) is 3.59. The molecular formula is C18H18N2O3S. The van der Waals surface area contributed by atoms with Crippen LogP contribution in [0.1, 0.15) is 33.8 Å². The molecule has 5 nitrogen and oxygen atoms in total. The van der Waals surface area contributed by atoms with Crippen LogP contribution in [0.3, 0.4) is 0 Å². The first-order valence-corrected chi connectivity index (χ1v) is 8.63. The number of fused-ring (bicyclic) bond motifs is 1. The number of para-hydroxylation sites is 1. The third kappa shape index (κ3) is 3.65. The molecule has 3 rings (SSSR count). The van der Waals surface area contributed by atoms with Gasteiger partial charge < -0.3 is 4.42 Å². The number of hydrogen-bond acceptors (Lipinski definition) is 4. The van der Waals surface area contributed by atoms with Gasteiger partial charge in [0.05, 0.1) is 0 Å². The second-order valence-corrected chi connectivity index (χ2v) is 6.52. The van der Waals surface area contributed by atoms with E-state index in [2.05, 4.69) is 16.9 Å². The third-order valence-electron chi connectivity index (χ3n) is 3.77. The van der Waals surface area contributed by atoms with Crippen molar-refractivity contribution in [1.82, 2.24) is 10.9 Å². The molecule has 0 saturated carbocycles. The maximum atomic E-state index is 12.2. The highest BCUT2D eigenvalue weighted by Crippen LogP contribution is 2.24. The van der Waals surface area contributed by atoms with Gasteiger partial charge in [0, 0.05) is 22.2 Å². The number of amides is 2. The molecule has 3 aromatic rings. The molecule has 0 unspecified atom stereocenters. The number of thiophene rings is 1. The van der Waals surface area contributed by atoms with E-state index in [0.29, 0.717) is 12.0 Å². The Bertz CT molecular complexity index is 852. The minimum Gasteiger partial charge on any atom is -0.451 e. The van der Waals surface area contributed by atoms with Gasteiger partial charge in [-0.3, -0.25) is 20.4 Å². The molecule has 0 aliphatic heterocycles. The largest absolute Gasteiger partial charge is 0.451 e. The van der Waals surface area contributed by atoms with Crippen molar-refractivity contribution in [2.45, 2.75) is 26.2 Å². The zero-order chi connectivity index (χ0) is 16.9. The van der Waals surface area contributed by atoms with Crippen molar-refractivity contribution in [2.75, 3.05) is 0 Å². The molecule has 0 spiro atoms. The maximum absolute atomic E-state index is 12.2. The summed E-state index contributed by atoms with van der Waals surface area (Å²) in [6, 6.07) is 11.5. The molecule has 2 N–H and O–H groups in total. The van der Waals surface area contributed by atoms with Crippen molar-refractivity contribution in [1.29, 1.82) is 0 Å². The Labute approximate surface area is 143 Å². The van der Waals surface area contributed by atoms with E-state index in [1.807, 2.05) is 42.6 Å². The summed E-state index contributed by atoms with van der Waals surface area (Å²) in [7, 11) is 0. The van der Waals surface area contributed by atoms with E-state index >= 15 is 0 Å². The third-order valence-corrected chi connectivity index (χ3v) is 4.71. The average molecular weight is 342 g/mol. The van der Waals surface area contributed by atoms with Crippen LogP contribution < -0.4 is 10.9 Å². The minimum atomic E-state index is -0.449. The lowest BCUT2D eigenvalue weighted by molar-refractivity contribution is -0.121. The maximum Gasteiger partial charge on any atom is 0.305 e. The van der Waals surface area contributed by atoms with Gasteiger partial charge in [0.25, 0.3) is 0 Å². The van der Waals surface area contributed by atoms with Crippen molar-refractivity contribution in [2.24, 2.45) is 0 Å². The molecule has 0 aliphatic carbocycles. The first-order chi connectivity index (χ1) is 11.6. The van der Waals surface area contributed by atoms with Gasteiger partial charge in [0.2, 0.25) is 5.91 Å². The van der Waals surface area contributed by atoms with Gasteiger partial charge in [-0.2, -0.15) is 0 Å². The van der Waals surface area contributed by atoms with Gasteiger partial charge in [-0.25, -0.2) is 0 Å². The quantitative estimate of drug-likeness (QED) is 0.696. The number of carbonyl (C=O) groups excluding carboxylic acids is 2. The molecule has 2 aromatic heterocycles. The molecule has 24 heavy (non-hydrogen) atoms. The molecule has 1 aromatic carbocycles. The first kappa shape index (κ1) is 16.3. The number of hydrogen-bond donors (Lipinski definition) is 2.